The molecule has 3 heterocycles. The Hall–Kier alpha value is -3.24. The first-order valence-electron chi connectivity index (χ1n) is 11.1. The Morgan fingerprint density at radius 1 is 1.19 bits per heavy atom. The van der Waals surface area contributed by atoms with Crippen molar-refractivity contribution in [3.8, 4) is 23.3 Å². The molecular formula is C24H29N7. The molecule has 1 aliphatic rings. The molecule has 0 radical (unpaired) electrons. The van der Waals surface area contributed by atoms with Crippen molar-refractivity contribution in [2.45, 2.75) is 52.0 Å². The van der Waals surface area contributed by atoms with Gasteiger partial charge in [0.25, 0.3) is 0 Å². The summed E-state index contributed by atoms with van der Waals surface area (Å²) in [5.74, 6) is 2.12. The van der Waals surface area contributed by atoms with Crippen molar-refractivity contribution in [2.24, 2.45) is 0 Å². The summed E-state index contributed by atoms with van der Waals surface area (Å²) in [6.07, 6.45) is 8.02. The molecule has 0 aliphatic carbocycles. The molecular weight excluding hydrogens is 386 g/mol. The Morgan fingerprint density at radius 3 is 2.81 bits per heavy atom. The second-order valence-electron chi connectivity index (χ2n) is 7.86. The molecule has 3 aromatic rings. The molecule has 0 saturated carbocycles. The summed E-state index contributed by atoms with van der Waals surface area (Å²) in [6, 6.07) is 10.9. The number of piperidine rings is 1. The Bertz CT molecular complexity index is 1070. The van der Waals surface area contributed by atoms with Gasteiger partial charge in [0.15, 0.2) is 0 Å². The number of hydrogen-bond acceptors (Lipinski definition) is 6. The minimum Gasteiger partial charge on any atom is -0.350 e. The molecule has 1 aliphatic heterocycles. The predicted octanol–water partition coefficient (Wildman–Crippen LogP) is 3.68. The predicted molar refractivity (Wildman–Crippen MR) is 122 cm³/mol. The maximum atomic E-state index is 9.35. The molecule has 1 saturated heterocycles. The van der Waals surface area contributed by atoms with Gasteiger partial charge < -0.3 is 10.6 Å². The molecule has 31 heavy (non-hydrogen) atoms. The number of nitrogens with zero attached hydrogens (tertiary/aromatic N) is 5. The third-order valence-corrected chi connectivity index (χ3v) is 5.82. The fourth-order valence-corrected chi connectivity index (χ4v) is 4.19. The second-order valence-corrected chi connectivity index (χ2v) is 7.86. The molecule has 4 rings (SSSR count). The van der Waals surface area contributed by atoms with Gasteiger partial charge in [0, 0.05) is 24.3 Å². The van der Waals surface area contributed by atoms with E-state index in [1.807, 2.05) is 10.6 Å². The van der Waals surface area contributed by atoms with Gasteiger partial charge in [-0.2, -0.15) is 10.2 Å². The molecule has 160 valence electrons. The number of imidazole rings is 1. The lowest BCUT2D eigenvalue weighted by molar-refractivity contribution is 0.478. The molecule has 1 fully saturated rings. The summed E-state index contributed by atoms with van der Waals surface area (Å²) in [5, 5.41) is 16.2. The third-order valence-electron chi connectivity index (χ3n) is 5.82. The standard InChI is InChI=1S/C24H29N7/c1-3-17-7-8-19(14-18(17)4-2)23-28-16-21(9-11-25)31(23)22-10-13-27-24(30-22)29-20-6-5-12-26-15-20/h7-8,10,13-14,16,20,26H,3-6,9,12,15H2,1-2H3,(H,27,29,30)/t20-/m0/s1. The van der Waals surface area contributed by atoms with Crippen LogP contribution in [0.4, 0.5) is 5.95 Å². The summed E-state index contributed by atoms with van der Waals surface area (Å²) in [7, 11) is 0. The number of anilines is 1. The summed E-state index contributed by atoms with van der Waals surface area (Å²) in [4.78, 5) is 13.9. The van der Waals surface area contributed by atoms with E-state index in [1.165, 1.54) is 11.1 Å². The highest BCUT2D eigenvalue weighted by Gasteiger charge is 2.18. The maximum Gasteiger partial charge on any atom is 0.224 e. The smallest absolute Gasteiger partial charge is 0.224 e. The van der Waals surface area contributed by atoms with Crippen LogP contribution in [0.3, 0.4) is 0 Å². The van der Waals surface area contributed by atoms with Gasteiger partial charge in [0.1, 0.15) is 11.6 Å². The third kappa shape index (κ3) is 4.59. The normalized spacial score (nSPS) is 16.1. The minimum atomic E-state index is 0.264. The zero-order valence-electron chi connectivity index (χ0n) is 18.2. The summed E-state index contributed by atoms with van der Waals surface area (Å²) < 4.78 is 1.98. The van der Waals surface area contributed by atoms with Crippen LogP contribution in [-0.2, 0) is 19.3 Å². The quantitative estimate of drug-likeness (QED) is 0.612. The summed E-state index contributed by atoms with van der Waals surface area (Å²) >= 11 is 0. The first kappa shape index (κ1) is 21.0. The van der Waals surface area contributed by atoms with E-state index in [9.17, 15) is 5.26 Å². The average molecular weight is 416 g/mol. The largest absolute Gasteiger partial charge is 0.350 e. The van der Waals surface area contributed by atoms with Gasteiger partial charge in [-0.05, 0) is 55.5 Å². The number of nitriles is 1. The second kappa shape index (κ2) is 9.71. The van der Waals surface area contributed by atoms with Crippen molar-refractivity contribution in [3.63, 3.8) is 0 Å². The molecule has 1 aromatic carbocycles. The highest BCUT2D eigenvalue weighted by Crippen LogP contribution is 2.27. The highest BCUT2D eigenvalue weighted by atomic mass is 15.2. The number of benzene rings is 1. The van der Waals surface area contributed by atoms with Crippen LogP contribution < -0.4 is 10.6 Å². The van der Waals surface area contributed by atoms with Gasteiger partial charge in [-0.15, -0.1) is 0 Å². The number of hydrogen-bond donors (Lipinski definition) is 2. The molecule has 7 nitrogen and oxygen atoms in total. The van der Waals surface area contributed by atoms with E-state index >= 15 is 0 Å². The monoisotopic (exact) mass is 415 g/mol. The molecule has 0 spiro atoms. The van der Waals surface area contributed by atoms with Crippen LogP contribution in [0.1, 0.15) is 43.5 Å². The number of nitrogens with one attached hydrogen (secondary N) is 2. The number of rotatable bonds is 7. The van der Waals surface area contributed by atoms with Gasteiger partial charge >= 0.3 is 0 Å². The van der Waals surface area contributed by atoms with Crippen molar-refractivity contribution in [3.05, 3.63) is 53.5 Å². The summed E-state index contributed by atoms with van der Waals surface area (Å²) in [5.41, 5.74) is 4.53. The van der Waals surface area contributed by atoms with E-state index in [2.05, 4.69) is 58.7 Å². The van der Waals surface area contributed by atoms with E-state index in [0.717, 1.165) is 61.7 Å². The van der Waals surface area contributed by atoms with Gasteiger partial charge in [0.2, 0.25) is 5.95 Å². The van der Waals surface area contributed by atoms with E-state index in [1.54, 1.807) is 12.4 Å². The Balaban J connectivity index is 1.73. The lowest BCUT2D eigenvalue weighted by Crippen LogP contribution is -2.38. The Labute approximate surface area is 183 Å². The lowest BCUT2D eigenvalue weighted by Gasteiger charge is -2.24. The van der Waals surface area contributed by atoms with Crippen LogP contribution in [0, 0.1) is 11.3 Å². The van der Waals surface area contributed by atoms with E-state index in [0.29, 0.717) is 12.0 Å². The van der Waals surface area contributed by atoms with Crippen LogP contribution in [0.5, 0.6) is 0 Å². The molecule has 0 amide bonds. The van der Waals surface area contributed by atoms with Crippen molar-refractivity contribution >= 4 is 5.95 Å². The number of aromatic nitrogens is 4. The van der Waals surface area contributed by atoms with Crippen LogP contribution in [0.2, 0.25) is 0 Å². The molecule has 1 atom stereocenters. The summed E-state index contributed by atoms with van der Waals surface area (Å²) in [6.45, 7) is 6.32. The zero-order chi connectivity index (χ0) is 21.6. The van der Waals surface area contributed by atoms with Crippen LogP contribution >= 0.6 is 0 Å². The molecule has 0 unspecified atom stereocenters. The fraction of sp³-hybridized carbons (Fsp3) is 0.417. The molecule has 2 N–H and O–H groups in total. The molecule has 2 aromatic heterocycles. The van der Waals surface area contributed by atoms with Crippen molar-refractivity contribution in [1.82, 2.24) is 24.8 Å². The van der Waals surface area contributed by atoms with E-state index < -0.39 is 0 Å². The highest BCUT2D eigenvalue weighted by molar-refractivity contribution is 5.61. The first-order valence-corrected chi connectivity index (χ1v) is 11.1. The lowest BCUT2D eigenvalue weighted by atomic mass is 10.00. The van der Waals surface area contributed by atoms with Crippen LogP contribution in [0.25, 0.3) is 17.2 Å². The van der Waals surface area contributed by atoms with Crippen molar-refractivity contribution in [1.29, 1.82) is 5.26 Å². The average Bonchev–Trinajstić information content (AvgIpc) is 3.23. The van der Waals surface area contributed by atoms with Crippen LogP contribution in [-0.4, -0.2) is 38.7 Å². The van der Waals surface area contributed by atoms with Crippen molar-refractivity contribution < 1.29 is 0 Å². The molecule has 7 heteroatoms. The SMILES string of the molecule is CCc1ccc(-c2ncc(CC#N)n2-c2ccnc(N[C@H]3CCCNC3)n2)cc1CC. The maximum absolute atomic E-state index is 9.35. The Morgan fingerprint density at radius 2 is 2.06 bits per heavy atom. The number of aryl methyl sites for hydroxylation is 2. The molecule has 0 bridgehead atoms. The minimum absolute atomic E-state index is 0.264. The Kier molecular flexibility index (Phi) is 6.58. The van der Waals surface area contributed by atoms with E-state index in [4.69, 9.17) is 4.98 Å². The fourth-order valence-electron chi connectivity index (χ4n) is 4.19. The van der Waals surface area contributed by atoms with Gasteiger partial charge in [-0.1, -0.05) is 26.0 Å². The van der Waals surface area contributed by atoms with Gasteiger partial charge in [-0.3, -0.25) is 4.57 Å². The van der Waals surface area contributed by atoms with Gasteiger partial charge in [-0.25, -0.2) is 9.97 Å². The first-order chi connectivity index (χ1) is 15.2. The van der Waals surface area contributed by atoms with Crippen molar-refractivity contribution in [2.75, 3.05) is 18.4 Å². The zero-order valence-corrected chi connectivity index (χ0v) is 18.2. The van der Waals surface area contributed by atoms with E-state index in [-0.39, 0.29) is 6.42 Å². The van der Waals surface area contributed by atoms with Crippen LogP contribution in [0.15, 0.2) is 36.7 Å². The topological polar surface area (TPSA) is 91.5 Å². The van der Waals surface area contributed by atoms with Gasteiger partial charge in [0.05, 0.1) is 24.4 Å².